The van der Waals surface area contributed by atoms with E-state index in [-0.39, 0.29) is 16.9 Å². The molecule has 1 atom stereocenters. The Bertz CT molecular complexity index is 863. The first-order chi connectivity index (χ1) is 12.2. The van der Waals surface area contributed by atoms with Crippen molar-refractivity contribution in [3.63, 3.8) is 0 Å². The Hall–Kier alpha value is -1.57. The van der Waals surface area contributed by atoms with Gasteiger partial charge in [0.05, 0.1) is 7.11 Å². The van der Waals surface area contributed by atoms with Gasteiger partial charge in [0.1, 0.15) is 6.04 Å². The Morgan fingerprint density at radius 3 is 2.43 bits per heavy atom. The molecule has 3 rings (SSSR count). The highest BCUT2D eigenvalue weighted by Gasteiger charge is 2.32. The van der Waals surface area contributed by atoms with Crippen LogP contribution in [0.3, 0.4) is 0 Å². The number of ether oxygens (including phenoxy) is 1. The largest absolute Gasteiger partial charge is 0.468 e. The van der Waals surface area contributed by atoms with Crippen LogP contribution < -0.4 is 0 Å². The van der Waals surface area contributed by atoms with E-state index >= 15 is 0 Å². The number of carbonyl (C=O) groups excluding carboxylic acids is 1. The van der Waals surface area contributed by atoms with Crippen LogP contribution in [0, 0.1) is 0 Å². The van der Waals surface area contributed by atoms with Gasteiger partial charge >= 0.3 is 16.4 Å². The van der Waals surface area contributed by atoms with Crippen molar-refractivity contribution in [3.05, 3.63) is 56.7 Å². The molecule has 0 radical (unpaired) electrons. The van der Waals surface area contributed by atoms with Crippen molar-refractivity contribution in [2.24, 2.45) is 0 Å². The smallest absolute Gasteiger partial charge is 0.394 e. The Labute approximate surface area is 171 Å². The van der Waals surface area contributed by atoms with Crippen LogP contribution in [-0.2, 0) is 32.9 Å². The molecule has 1 unspecified atom stereocenters. The Morgan fingerprint density at radius 1 is 1.25 bits per heavy atom. The van der Waals surface area contributed by atoms with Gasteiger partial charge in [0.2, 0.25) is 0 Å². The molecule has 0 saturated heterocycles. The van der Waals surface area contributed by atoms with Crippen LogP contribution in [0.5, 0.6) is 0 Å². The van der Waals surface area contributed by atoms with Gasteiger partial charge in [-0.25, -0.2) is 4.79 Å². The lowest BCUT2D eigenvalue weighted by Gasteiger charge is -2.33. The predicted molar refractivity (Wildman–Crippen MR) is 106 cm³/mol. The highest BCUT2D eigenvalue weighted by atomic mass is 35.5. The average molecular weight is 456 g/mol. The van der Waals surface area contributed by atoms with E-state index in [9.17, 15) is 4.79 Å². The molecule has 1 aliphatic heterocycles. The monoisotopic (exact) mass is 455 g/mol. The van der Waals surface area contributed by atoms with Crippen LogP contribution in [0.15, 0.2) is 35.7 Å². The van der Waals surface area contributed by atoms with Crippen LogP contribution in [0.2, 0.25) is 5.02 Å². The fourth-order valence-electron chi connectivity index (χ4n) is 2.77. The number of methoxy groups -OCH3 is 1. The highest BCUT2D eigenvalue weighted by molar-refractivity contribution is 7.79. The molecule has 0 amide bonds. The summed E-state index contributed by atoms with van der Waals surface area (Å²) in [6, 6.07) is 9.16. The second-order valence-corrected chi connectivity index (χ2v) is 7.79. The number of carbonyl (C=O) groups is 1. The van der Waals surface area contributed by atoms with Crippen molar-refractivity contribution in [1.29, 1.82) is 0 Å². The molecule has 1 aliphatic rings. The molecule has 0 bridgehead atoms. The molecule has 1 aromatic heterocycles. The van der Waals surface area contributed by atoms with Crippen LogP contribution in [0.1, 0.15) is 22.0 Å². The summed E-state index contributed by atoms with van der Waals surface area (Å²) in [6.07, 6.45) is 0.963. The summed E-state index contributed by atoms with van der Waals surface area (Å²) in [5.41, 5.74) is 2.11. The van der Waals surface area contributed by atoms with Crippen molar-refractivity contribution in [2.75, 3.05) is 13.7 Å². The predicted octanol–water partition coefficient (Wildman–Crippen LogP) is 1.37. The molecule has 2 aromatic rings. The number of esters is 1. The van der Waals surface area contributed by atoms with Crippen LogP contribution in [0.4, 0.5) is 0 Å². The molecule has 2 heterocycles. The number of nitrogens with zero attached hydrogens (tertiary/aromatic N) is 1. The number of fused-ring (bicyclic) bond motifs is 1. The van der Waals surface area contributed by atoms with E-state index in [2.05, 4.69) is 16.3 Å². The topological polar surface area (TPSA) is 167 Å². The lowest BCUT2D eigenvalue weighted by molar-refractivity contribution is -0.147. The molecular formula is C16H22ClNO8S2. The third-order valence-corrected chi connectivity index (χ3v) is 5.19. The van der Waals surface area contributed by atoms with Crippen LogP contribution >= 0.6 is 22.9 Å². The number of hydrogen-bond donors (Lipinski definition) is 2. The minimum atomic E-state index is -4.67. The summed E-state index contributed by atoms with van der Waals surface area (Å²) in [7, 11) is -3.24. The number of hydrogen-bond acceptors (Lipinski definition) is 6. The van der Waals surface area contributed by atoms with Crippen molar-refractivity contribution in [2.45, 2.75) is 19.0 Å². The Morgan fingerprint density at radius 2 is 1.86 bits per heavy atom. The molecule has 158 valence electrons. The number of halogens is 1. The third-order valence-electron chi connectivity index (χ3n) is 3.83. The number of benzene rings is 1. The van der Waals surface area contributed by atoms with E-state index in [4.69, 9.17) is 33.9 Å². The molecule has 9 nitrogen and oxygen atoms in total. The standard InChI is InChI=1S/C16H16ClNO2S.H2O4S.2H2O/c1-20-16(19)15(12-4-2-3-5-13(12)17)18-8-6-14-11(10-18)7-9-21-14;1-5(2,3)4;;/h2-5,7,9,15H,6,8,10H2,1H3;(H2,1,2,3,4);2*1H2. The summed E-state index contributed by atoms with van der Waals surface area (Å²) in [4.78, 5) is 15.8. The number of thiophene rings is 1. The molecule has 12 heteroatoms. The van der Waals surface area contributed by atoms with Crippen molar-refractivity contribution in [3.8, 4) is 0 Å². The summed E-state index contributed by atoms with van der Waals surface area (Å²) >= 11 is 8.07. The molecule has 0 spiro atoms. The maximum absolute atomic E-state index is 12.3. The highest BCUT2D eigenvalue weighted by Crippen LogP contribution is 2.33. The maximum atomic E-state index is 12.3. The molecule has 0 fully saturated rings. The first-order valence-electron chi connectivity index (χ1n) is 7.52. The number of rotatable bonds is 3. The molecule has 6 N–H and O–H groups in total. The molecule has 0 saturated carbocycles. The fraction of sp³-hybridized carbons (Fsp3) is 0.312. The molecule has 1 aromatic carbocycles. The maximum Gasteiger partial charge on any atom is 0.394 e. The zero-order valence-electron chi connectivity index (χ0n) is 14.8. The van der Waals surface area contributed by atoms with Gasteiger partial charge in [0.25, 0.3) is 0 Å². The molecule has 0 aliphatic carbocycles. The summed E-state index contributed by atoms with van der Waals surface area (Å²) in [6.45, 7) is 1.59. The van der Waals surface area contributed by atoms with Gasteiger partial charge in [-0.05, 0) is 35.1 Å². The lowest BCUT2D eigenvalue weighted by Crippen LogP contribution is -2.38. The zero-order chi connectivity index (χ0) is 19.3. The normalized spacial score (nSPS) is 14.3. The van der Waals surface area contributed by atoms with Gasteiger partial charge in [-0.1, -0.05) is 29.8 Å². The average Bonchev–Trinajstić information content (AvgIpc) is 3.03. The zero-order valence-corrected chi connectivity index (χ0v) is 17.2. The second kappa shape index (κ2) is 11.4. The first kappa shape index (κ1) is 26.4. The van der Waals surface area contributed by atoms with E-state index in [1.54, 1.807) is 11.3 Å². The quantitative estimate of drug-likeness (QED) is 0.520. The van der Waals surface area contributed by atoms with Gasteiger partial charge in [0.15, 0.2) is 0 Å². The SMILES string of the molecule is COC(=O)C(c1ccccc1Cl)N1CCc2sccc2C1.O.O.O=S(=O)(O)O. The van der Waals surface area contributed by atoms with E-state index < -0.39 is 16.4 Å². The van der Waals surface area contributed by atoms with Gasteiger partial charge in [-0.3, -0.25) is 14.0 Å². The first-order valence-corrected chi connectivity index (χ1v) is 10.2. The van der Waals surface area contributed by atoms with Crippen LogP contribution in [-0.4, -0.2) is 53.0 Å². The molecular weight excluding hydrogens is 434 g/mol. The van der Waals surface area contributed by atoms with Crippen molar-refractivity contribution in [1.82, 2.24) is 4.90 Å². The Kier molecular flexibility index (Phi) is 10.8. The van der Waals surface area contributed by atoms with E-state index in [0.717, 1.165) is 25.1 Å². The van der Waals surface area contributed by atoms with Crippen molar-refractivity contribution >= 4 is 39.3 Å². The minimum Gasteiger partial charge on any atom is -0.468 e. The molecule has 28 heavy (non-hydrogen) atoms. The van der Waals surface area contributed by atoms with Gasteiger partial charge in [-0.15, -0.1) is 11.3 Å². The second-order valence-electron chi connectivity index (χ2n) is 5.48. The minimum absolute atomic E-state index is 0. The third kappa shape index (κ3) is 7.45. The van der Waals surface area contributed by atoms with E-state index in [0.29, 0.717) is 5.02 Å². The van der Waals surface area contributed by atoms with E-state index in [1.807, 2.05) is 24.3 Å². The van der Waals surface area contributed by atoms with Gasteiger partial charge < -0.3 is 15.7 Å². The Balaban J connectivity index is 0.000000934. The van der Waals surface area contributed by atoms with Crippen molar-refractivity contribution < 1.29 is 38.0 Å². The van der Waals surface area contributed by atoms with Gasteiger partial charge in [0, 0.05) is 23.0 Å². The summed E-state index contributed by atoms with van der Waals surface area (Å²) < 4.78 is 36.6. The van der Waals surface area contributed by atoms with Crippen LogP contribution in [0.25, 0.3) is 0 Å². The van der Waals surface area contributed by atoms with Gasteiger partial charge in [-0.2, -0.15) is 8.42 Å². The van der Waals surface area contributed by atoms with E-state index in [1.165, 1.54) is 17.6 Å². The summed E-state index contributed by atoms with van der Waals surface area (Å²) in [5.74, 6) is -0.262. The lowest BCUT2D eigenvalue weighted by atomic mass is 10.0. The fourth-order valence-corrected chi connectivity index (χ4v) is 3.90. The summed E-state index contributed by atoms with van der Waals surface area (Å²) in [5, 5.41) is 2.71.